The van der Waals surface area contributed by atoms with Gasteiger partial charge in [0.15, 0.2) is 6.29 Å². The van der Waals surface area contributed by atoms with Crippen LogP contribution in [0.5, 0.6) is 5.75 Å². The van der Waals surface area contributed by atoms with Gasteiger partial charge in [-0.1, -0.05) is 24.3 Å². The van der Waals surface area contributed by atoms with Crippen molar-refractivity contribution in [1.82, 2.24) is 9.78 Å². The van der Waals surface area contributed by atoms with Gasteiger partial charge in [-0.05, 0) is 23.6 Å². The Morgan fingerprint density at radius 2 is 2.04 bits per heavy atom. The molecular formula is C17H18N2O3S. The average Bonchev–Trinajstić information content (AvgIpc) is 2.93. The highest BCUT2D eigenvalue weighted by molar-refractivity contribution is 7.98. The second kappa shape index (κ2) is 6.62. The number of phenols is 1. The fourth-order valence-electron chi connectivity index (χ4n) is 2.41. The third-order valence-electron chi connectivity index (χ3n) is 3.67. The summed E-state index contributed by atoms with van der Waals surface area (Å²) in [6.07, 6.45) is -1.01. The van der Waals surface area contributed by atoms with E-state index in [2.05, 4.69) is 11.2 Å². The molecule has 0 aliphatic heterocycles. The number of fused-ring (bicyclic) bond motifs is 1. The van der Waals surface area contributed by atoms with Gasteiger partial charge in [0.1, 0.15) is 11.4 Å². The number of methoxy groups -OCH3 is 1. The van der Waals surface area contributed by atoms with Crippen molar-refractivity contribution in [2.75, 3.05) is 7.11 Å². The van der Waals surface area contributed by atoms with Crippen molar-refractivity contribution < 1.29 is 14.9 Å². The number of rotatable bonds is 5. The Kier molecular flexibility index (Phi) is 4.56. The lowest BCUT2D eigenvalue weighted by Crippen LogP contribution is -2.01. The summed E-state index contributed by atoms with van der Waals surface area (Å²) >= 11 is 1.61. The van der Waals surface area contributed by atoms with Crippen molar-refractivity contribution in [3.05, 3.63) is 53.9 Å². The number of aromatic nitrogens is 2. The highest BCUT2D eigenvalue weighted by atomic mass is 32.2. The fraction of sp³-hybridized carbons (Fsp3) is 0.235. The Morgan fingerprint density at radius 3 is 2.83 bits per heavy atom. The van der Waals surface area contributed by atoms with Gasteiger partial charge >= 0.3 is 0 Å². The maximum Gasteiger partial charge on any atom is 0.200 e. The SMILES string of the molecule is COC(O)c1cc(CSc2cc(O)c3ccccc3c2)n(C)n1. The largest absolute Gasteiger partial charge is 0.507 e. The van der Waals surface area contributed by atoms with E-state index >= 15 is 0 Å². The van der Waals surface area contributed by atoms with Gasteiger partial charge in [-0.3, -0.25) is 4.68 Å². The Labute approximate surface area is 138 Å². The second-order valence-corrected chi connectivity index (χ2v) is 6.27. The number of phenolic OH excluding ortho intramolecular Hbond substituents is 1. The number of aliphatic hydroxyl groups excluding tert-OH is 1. The van der Waals surface area contributed by atoms with Gasteiger partial charge in [-0.25, -0.2) is 0 Å². The Balaban J connectivity index is 1.80. The van der Waals surface area contributed by atoms with Gasteiger partial charge in [0.2, 0.25) is 0 Å². The van der Waals surface area contributed by atoms with Crippen LogP contribution in [0.4, 0.5) is 0 Å². The number of aryl methyl sites for hydroxylation is 1. The summed E-state index contributed by atoms with van der Waals surface area (Å²) in [6, 6.07) is 13.4. The molecule has 3 aromatic rings. The number of aliphatic hydroxyl groups is 1. The van der Waals surface area contributed by atoms with Gasteiger partial charge in [-0.2, -0.15) is 5.10 Å². The standard InChI is InChI=1S/C17H18N2O3S/c1-19-12(8-15(18-19)17(21)22-2)10-23-13-7-11-5-3-4-6-14(11)16(20)9-13/h3-9,17,20-21H,10H2,1-2H3. The van der Waals surface area contributed by atoms with Crippen LogP contribution in [-0.4, -0.2) is 27.1 Å². The third kappa shape index (κ3) is 3.34. The van der Waals surface area contributed by atoms with Crippen LogP contribution in [0.1, 0.15) is 17.7 Å². The monoisotopic (exact) mass is 330 g/mol. The molecule has 120 valence electrons. The van der Waals surface area contributed by atoms with E-state index in [4.69, 9.17) is 4.74 Å². The molecule has 6 heteroatoms. The van der Waals surface area contributed by atoms with Crippen LogP contribution >= 0.6 is 11.8 Å². The van der Waals surface area contributed by atoms with Gasteiger partial charge in [0, 0.05) is 35.9 Å². The number of ether oxygens (including phenoxy) is 1. The van der Waals surface area contributed by atoms with E-state index in [-0.39, 0.29) is 5.75 Å². The molecule has 1 unspecified atom stereocenters. The maximum absolute atomic E-state index is 10.1. The second-order valence-electron chi connectivity index (χ2n) is 5.22. The van der Waals surface area contributed by atoms with E-state index in [1.807, 2.05) is 37.4 Å². The number of thioether (sulfide) groups is 1. The van der Waals surface area contributed by atoms with Crippen molar-refractivity contribution in [3.8, 4) is 5.75 Å². The molecule has 0 fully saturated rings. The third-order valence-corrected chi connectivity index (χ3v) is 4.68. The van der Waals surface area contributed by atoms with Crippen LogP contribution in [0.15, 0.2) is 47.4 Å². The lowest BCUT2D eigenvalue weighted by Gasteiger charge is -2.06. The first-order chi connectivity index (χ1) is 11.1. The van der Waals surface area contributed by atoms with Crippen LogP contribution in [0.25, 0.3) is 10.8 Å². The zero-order valence-electron chi connectivity index (χ0n) is 12.9. The average molecular weight is 330 g/mol. The molecule has 5 nitrogen and oxygen atoms in total. The zero-order valence-corrected chi connectivity index (χ0v) is 13.7. The number of hydrogen-bond acceptors (Lipinski definition) is 5. The summed E-state index contributed by atoms with van der Waals surface area (Å²) in [7, 11) is 3.27. The molecule has 1 aromatic heterocycles. The summed E-state index contributed by atoms with van der Waals surface area (Å²) in [5, 5.41) is 25.9. The van der Waals surface area contributed by atoms with Crippen molar-refractivity contribution in [2.45, 2.75) is 16.9 Å². The lowest BCUT2D eigenvalue weighted by atomic mass is 10.1. The first kappa shape index (κ1) is 15.9. The molecule has 2 aromatic carbocycles. The van der Waals surface area contributed by atoms with E-state index in [1.54, 1.807) is 22.5 Å². The molecule has 0 bridgehead atoms. The minimum Gasteiger partial charge on any atom is -0.507 e. The number of benzene rings is 2. The highest BCUT2D eigenvalue weighted by Crippen LogP contribution is 2.32. The van der Waals surface area contributed by atoms with Gasteiger partial charge in [0.05, 0.1) is 0 Å². The molecule has 0 saturated heterocycles. The zero-order chi connectivity index (χ0) is 16.4. The molecule has 1 heterocycles. The van der Waals surface area contributed by atoms with E-state index in [0.29, 0.717) is 11.4 Å². The summed E-state index contributed by atoms with van der Waals surface area (Å²) < 4.78 is 6.60. The van der Waals surface area contributed by atoms with Crippen LogP contribution in [0.3, 0.4) is 0 Å². The Morgan fingerprint density at radius 1 is 1.26 bits per heavy atom. The van der Waals surface area contributed by atoms with Crippen LogP contribution in [-0.2, 0) is 17.5 Å². The first-order valence-corrected chi connectivity index (χ1v) is 8.15. The molecule has 23 heavy (non-hydrogen) atoms. The normalized spacial score (nSPS) is 12.7. The van der Waals surface area contributed by atoms with Crippen molar-refractivity contribution in [2.24, 2.45) is 7.05 Å². The minimum atomic E-state index is -1.01. The molecule has 0 saturated carbocycles. The Bertz CT molecular complexity index is 832. The number of aromatic hydroxyl groups is 1. The summed E-state index contributed by atoms with van der Waals surface area (Å²) in [5.74, 6) is 0.962. The summed E-state index contributed by atoms with van der Waals surface area (Å²) in [6.45, 7) is 0. The Hall–Kier alpha value is -2.02. The molecule has 0 radical (unpaired) electrons. The maximum atomic E-state index is 10.1. The molecule has 3 rings (SSSR count). The topological polar surface area (TPSA) is 67.5 Å². The van der Waals surface area contributed by atoms with E-state index in [9.17, 15) is 10.2 Å². The number of nitrogens with zero attached hydrogens (tertiary/aromatic N) is 2. The highest BCUT2D eigenvalue weighted by Gasteiger charge is 2.13. The van der Waals surface area contributed by atoms with Gasteiger partial charge in [0.25, 0.3) is 0 Å². The molecule has 0 aliphatic rings. The summed E-state index contributed by atoms with van der Waals surface area (Å²) in [5.41, 5.74) is 1.46. The molecule has 1 atom stereocenters. The van der Waals surface area contributed by atoms with Crippen molar-refractivity contribution in [3.63, 3.8) is 0 Å². The van der Waals surface area contributed by atoms with E-state index < -0.39 is 6.29 Å². The van der Waals surface area contributed by atoms with E-state index in [1.165, 1.54) is 7.11 Å². The van der Waals surface area contributed by atoms with Gasteiger partial charge in [-0.15, -0.1) is 11.8 Å². The smallest absolute Gasteiger partial charge is 0.200 e. The molecule has 2 N–H and O–H groups in total. The summed E-state index contributed by atoms with van der Waals surface area (Å²) in [4.78, 5) is 0.983. The fourth-order valence-corrected chi connectivity index (χ4v) is 3.40. The van der Waals surface area contributed by atoms with Gasteiger partial charge < -0.3 is 14.9 Å². The van der Waals surface area contributed by atoms with Crippen LogP contribution in [0.2, 0.25) is 0 Å². The predicted molar refractivity (Wildman–Crippen MR) is 90.4 cm³/mol. The molecule has 0 amide bonds. The molecule has 0 spiro atoms. The predicted octanol–water partition coefficient (Wildman–Crippen LogP) is 3.21. The molecular weight excluding hydrogens is 312 g/mol. The molecule has 0 aliphatic carbocycles. The van der Waals surface area contributed by atoms with Crippen LogP contribution < -0.4 is 0 Å². The number of hydrogen-bond donors (Lipinski definition) is 2. The van der Waals surface area contributed by atoms with Crippen LogP contribution in [0, 0.1) is 0 Å². The van der Waals surface area contributed by atoms with Crippen molar-refractivity contribution >= 4 is 22.5 Å². The quantitative estimate of drug-likeness (QED) is 0.555. The first-order valence-electron chi connectivity index (χ1n) is 7.16. The van der Waals surface area contributed by atoms with E-state index in [0.717, 1.165) is 21.4 Å². The lowest BCUT2D eigenvalue weighted by molar-refractivity contribution is -0.0801. The minimum absolute atomic E-state index is 0.283. The van der Waals surface area contributed by atoms with Crippen molar-refractivity contribution in [1.29, 1.82) is 0 Å².